The Bertz CT molecular complexity index is 119. The summed E-state index contributed by atoms with van der Waals surface area (Å²) in [5.74, 6) is 2.50. The van der Waals surface area contributed by atoms with E-state index in [4.69, 9.17) is 0 Å². The van der Waals surface area contributed by atoms with Gasteiger partial charge < -0.3 is 5.32 Å². The summed E-state index contributed by atoms with van der Waals surface area (Å²) in [6, 6.07) is 1.38. The third kappa shape index (κ3) is 1.58. The Kier molecular flexibility index (Phi) is 2.58. The lowest BCUT2D eigenvalue weighted by Gasteiger charge is -2.42. The lowest BCUT2D eigenvalue weighted by Crippen LogP contribution is -2.52. The van der Waals surface area contributed by atoms with Crippen molar-refractivity contribution in [3.05, 3.63) is 0 Å². The van der Waals surface area contributed by atoms with Crippen LogP contribution in [-0.4, -0.2) is 12.1 Å². The fourth-order valence-corrected chi connectivity index (χ4v) is 2.11. The van der Waals surface area contributed by atoms with Gasteiger partial charge >= 0.3 is 0 Å². The largest absolute Gasteiger partial charge is 0.311 e. The van der Waals surface area contributed by atoms with Crippen LogP contribution in [0.25, 0.3) is 0 Å². The number of rotatable bonds is 0. The molecule has 4 atom stereocenters. The summed E-state index contributed by atoms with van der Waals surface area (Å²) in [7, 11) is 0. The van der Waals surface area contributed by atoms with Crippen LogP contribution in [0.1, 0.15) is 34.6 Å². The van der Waals surface area contributed by atoms with Gasteiger partial charge in [0.25, 0.3) is 0 Å². The normalized spacial score (nSPS) is 52.6. The van der Waals surface area contributed by atoms with E-state index in [0.29, 0.717) is 12.1 Å². The highest BCUT2D eigenvalue weighted by Crippen LogP contribution is 2.30. The molecule has 0 aromatic rings. The summed E-state index contributed by atoms with van der Waals surface area (Å²) < 4.78 is 0. The highest BCUT2D eigenvalue weighted by molar-refractivity contribution is 4.88. The molecule has 66 valence electrons. The molecule has 0 amide bonds. The smallest absolute Gasteiger partial charge is 0.00696 e. The summed E-state index contributed by atoms with van der Waals surface area (Å²) >= 11 is 0. The van der Waals surface area contributed by atoms with Crippen molar-refractivity contribution < 1.29 is 0 Å². The zero-order chi connectivity index (χ0) is 8.59. The fourth-order valence-electron chi connectivity index (χ4n) is 2.11. The second-order valence-electron chi connectivity index (χ2n) is 4.32. The third-order valence-corrected chi connectivity index (χ3v) is 3.76. The molecule has 1 saturated heterocycles. The van der Waals surface area contributed by atoms with E-state index in [1.54, 1.807) is 0 Å². The zero-order valence-electron chi connectivity index (χ0n) is 8.39. The Morgan fingerprint density at radius 2 is 1.00 bits per heavy atom. The molecular formula is C10H21N. The van der Waals surface area contributed by atoms with Gasteiger partial charge in [0, 0.05) is 12.1 Å². The maximum Gasteiger partial charge on any atom is 0.00696 e. The summed E-state index contributed by atoms with van der Waals surface area (Å²) in [5, 5.41) is 3.61. The maximum atomic E-state index is 3.61. The Morgan fingerprint density at radius 3 is 1.36 bits per heavy atom. The van der Waals surface area contributed by atoms with Gasteiger partial charge in [-0.25, -0.2) is 0 Å². The monoisotopic (exact) mass is 155 g/mol. The van der Waals surface area contributed by atoms with Crippen LogP contribution in [0.5, 0.6) is 0 Å². The average Bonchev–Trinajstić information content (AvgIpc) is 1.97. The van der Waals surface area contributed by atoms with Crippen molar-refractivity contribution >= 4 is 0 Å². The third-order valence-electron chi connectivity index (χ3n) is 3.76. The molecule has 0 aromatic carbocycles. The molecule has 4 unspecified atom stereocenters. The van der Waals surface area contributed by atoms with Crippen molar-refractivity contribution in [2.24, 2.45) is 17.8 Å². The molecule has 1 nitrogen and oxygen atoms in total. The standard InChI is InChI=1S/C10H21N/c1-6-7(2)9(4)11-10(5)8(6)3/h6-11H,1-5H3. The van der Waals surface area contributed by atoms with Gasteiger partial charge in [-0.3, -0.25) is 0 Å². The molecule has 0 bridgehead atoms. The van der Waals surface area contributed by atoms with E-state index in [1.807, 2.05) is 0 Å². The highest BCUT2D eigenvalue weighted by atomic mass is 15.0. The van der Waals surface area contributed by atoms with Crippen LogP contribution in [0.4, 0.5) is 0 Å². The molecule has 1 aliphatic heterocycles. The van der Waals surface area contributed by atoms with Gasteiger partial charge in [0.1, 0.15) is 0 Å². The first-order valence-electron chi connectivity index (χ1n) is 4.80. The molecule has 0 aromatic heterocycles. The highest BCUT2D eigenvalue weighted by Gasteiger charge is 2.32. The Hall–Kier alpha value is -0.0400. The fraction of sp³-hybridized carbons (Fsp3) is 1.00. The van der Waals surface area contributed by atoms with Crippen molar-refractivity contribution in [3.63, 3.8) is 0 Å². The molecule has 0 aliphatic carbocycles. The van der Waals surface area contributed by atoms with E-state index in [2.05, 4.69) is 39.9 Å². The van der Waals surface area contributed by atoms with E-state index in [-0.39, 0.29) is 0 Å². The summed E-state index contributed by atoms with van der Waals surface area (Å²) in [6.07, 6.45) is 0. The first-order valence-corrected chi connectivity index (χ1v) is 4.80. The van der Waals surface area contributed by atoms with Gasteiger partial charge in [0.05, 0.1) is 0 Å². The molecule has 1 N–H and O–H groups in total. The second-order valence-corrected chi connectivity index (χ2v) is 4.32. The van der Waals surface area contributed by atoms with Crippen LogP contribution in [0.15, 0.2) is 0 Å². The molecule has 1 rings (SSSR count). The Balaban J connectivity index is 2.63. The van der Waals surface area contributed by atoms with Crippen LogP contribution in [0.3, 0.4) is 0 Å². The number of piperidine rings is 1. The van der Waals surface area contributed by atoms with Crippen LogP contribution in [-0.2, 0) is 0 Å². The van der Waals surface area contributed by atoms with Gasteiger partial charge in [0.15, 0.2) is 0 Å². The predicted molar refractivity (Wildman–Crippen MR) is 49.6 cm³/mol. The molecule has 0 radical (unpaired) electrons. The molecule has 1 heterocycles. The Labute approximate surface area is 70.6 Å². The molecular weight excluding hydrogens is 134 g/mol. The molecule has 1 fully saturated rings. The molecule has 1 heteroatoms. The van der Waals surface area contributed by atoms with Gasteiger partial charge in [-0.1, -0.05) is 20.8 Å². The van der Waals surface area contributed by atoms with Crippen molar-refractivity contribution in [1.29, 1.82) is 0 Å². The predicted octanol–water partition coefficient (Wildman–Crippen LogP) is 2.27. The van der Waals surface area contributed by atoms with Crippen LogP contribution in [0, 0.1) is 17.8 Å². The van der Waals surface area contributed by atoms with E-state index < -0.39 is 0 Å². The summed E-state index contributed by atoms with van der Waals surface area (Å²) in [6.45, 7) is 11.7. The summed E-state index contributed by atoms with van der Waals surface area (Å²) in [4.78, 5) is 0. The minimum absolute atomic E-state index is 0.691. The molecule has 11 heavy (non-hydrogen) atoms. The van der Waals surface area contributed by atoms with E-state index in [9.17, 15) is 0 Å². The average molecular weight is 155 g/mol. The Morgan fingerprint density at radius 1 is 0.636 bits per heavy atom. The van der Waals surface area contributed by atoms with Gasteiger partial charge in [0.2, 0.25) is 0 Å². The number of nitrogens with one attached hydrogen (secondary N) is 1. The minimum Gasteiger partial charge on any atom is -0.311 e. The minimum atomic E-state index is 0.691. The SMILES string of the molecule is CC1NC(C)C(C)C(C)C1C. The first-order chi connectivity index (χ1) is 5.04. The summed E-state index contributed by atoms with van der Waals surface area (Å²) in [5.41, 5.74) is 0. The van der Waals surface area contributed by atoms with Crippen molar-refractivity contribution in [2.75, 3.05) is 0 Å². The zero-order valence-corrected chi connectivity index (χ0v) is 8.39. The molecule has 0 spiro atoms. The van der Waals surface area contributed by atoms with Gasteiger partial charge in [-0.15, -0.1) is 0 Å². The first kappa shape index (κ1) is 9.05. The lowest BCUT2D eigenvalue weighted by atomic mass is 9.74. The quantitative estimate of drug-likeness (QED) is 0.566. The van der Waals surface area contributed by atoms with E-state index >= 15 is 0 Å². The maximum absolute atomic E-state index is 3.61. The van der Waals surface area contributed by atoms with Crippen LogP contribution >= 0.6 is 0 Å². The second kappa shape index (κ2) is 3.14. The van der Waals surface area contributed by atoms with Gasteiger partial charge in [-0.05, 0) is 31.6 Å². The van der Waals surface area contributed by atoms with Gasteiger partial charge in [-0.2, -0.15) is 0 Å². The van der Waals surface area contributed by atoms with Crippen LogP contribution in [0.2, 0.25) is 0 Å². The van der Waals surface area contributed by atoms with Crippen molar-refractivity contribution in [1.82, 2.24) is 5.32 Å². The number of hydrogen-bond acceptors (Lipinski definition) is 1. The van der Waals surface area contributed by atoms with E-state index in [0.717, 1.165) is 17.8 Å². The number of hydrogen-bond donors (Lipinski definition) is 1. The topological polar surface area (TPSA) is 12.0 Å². The van der Waals surface area contributed by atoms with Crippen molar-refractivity contribution in [3.8, 4) is 0 Å². The van der Waals surface area contributed by atoms with Crippen molar-refractivity contribution in [2.45, 2.75) is 46.7 Å². The molecule has 0 saturated carbocycles. The van der Waals surface area contributed by atoms with E-state index in [1.165, 1.54) is 0 Å². The molecule has 1 aliphatic rings. The van der Waals surface area contributed by atoms with Crippen LogP contribution < -0.4 is 5.32 Å². The lowest BCUT2D eigenvalue weighted by molar-refractivity contribution is 0.127.